The van der Waals surface area contributed by atoms with E-state index in [-0.39, 0.29) is 19.0 Å². The Morgan fingerprint density at radius 3 is 1.55 bits per heavy atom. The first kappa shape index (κ1) is 28.6. The summed E-state index contributed by atoms with van der Waals surface area (Å²) < 4.78 is 29.7. The van der Waals surface area contributed by atoms with Crippen LogP contribution in [0.25, 0.3) is 0 Å². The molecule has 0 aliphatic rings. The fourth-order valence-corrected chi connectivity index (χ4v) is 3.40. The van der Waals surface area contributed by atoms with E-state index in [2.05, 4.69) is 9.05 Å². The number of hydrogen-bond donors (Lipinski definition) is 4. The molecule has 0 spiro atoms. The molecule has 0 aromatic heterocycles. The Labute approximate surface area is 173 Å². The SMILES string of the molecule is O=C(/C=C/CCCCCCCCOP(=O)(O)O)CCCCCCCOP(=O)(O)O. The quantitative estimate of drug-likeness (QED) is 0.118. The molecule has 11 heteroatoms. The van der Waals surface area contributed by atoms with Gasteiger partial charge in [0.15, 0.2) is 5.78 Å². The van der Waals surface area contributed by atoms with Crippen LogP contribution in [0.1, 0.15) is 83.5 Å². The minimum atomic E-state index is -4.35. The number of phosphoric acid groups is 2. The maximum Gasteiger partial charge on any atom is 0.469 e. The third kappa shape index (κ3) is 25.6. The summed E-state index contributed by atoms with van der Waals surface area (Å²) in [5.74, 6) is 0.125. The molecule has 0 saturated carbocycles. The molecule has 9 nitrogen and oxygen atoms in total. The molecule has 0 amide bonds. The molecular weight excluding hydrogens is 422 g/mol. The number of hydrogen-bond acceptors (Lipinski definition) is 5. The number of rotatable bonds is 20. The average Bonchev–Trinajstić information content (AvgIpc) is 2.60. The highest BCUT2D eigenvalue weighted by Crippen LogP contribution is 2.36. The van der Waals surface area contributed by atoms with Gasteiger partial charge in [-0.05, 0) is 38.2 Å². The van der Waals surface area contributed by atoms with Crippen LogP contribution in [-0.4, -0.2) is 38.6 Å². The molecule has 0 aromatic rings. The second-order valence-corrected chi connectivity index (χ2v) is 9.42. The van der Waals surface area contributed by atoms with Crippen molar-refractivity contribution in [2.45, 2.75) is 83.5 Å². The number of carbonyl (C=O) groups excluding carboxylic acids is 1. The van der Waals surface area contributed by atoms with E-state index in [9.17, 15) is 13.9 Å². The molecule has 4 N–H and O–H groups in total. The van der Waals surface area contributed by atoms with Crippen molar-refractivity contribution < 1.29 is 42.5 Å². The maximum atomic E-state index is 11.7. The molecule has 0 bridgehead atoms. The van der Waals surface area contributed by atoms with Crippen LogP contribution in [0.15, 0.2) is 12.2 Å². The van der Waals surface area contributed by atoms with Gasteiger partial charge >= 0.3 is 15.6 Å². The van der Waals surface area contributed by atoms with Gasteiger partial charge < -0.3 is 19.6 Å². The molecule has 0 saturated heterocycles. The summed E-state index contributed by atoms with van der Waals surface area (Å²) >= 11 is 0. The fourth-order valence-electron chi connectivity index (χ4n) is 2.67. The van der Waals surface area contributed by atoms with Gasteiger partial charge in [0.25, 0.3) is 0 Å². The highest BCUT2D eigenvalue weighted by Gasteiger charge is 2.12. The van der Waals surface area contributed by atoms with Crippen LogP contribution in [0, 0.1) is 0 Å². The zero-order valence-electron chi connectivity index (χ0n) is 17.0. The maximum absolute atomic E-state index is 11.7. The molecule has 0 atom stereocenters. The molecule has 0 unspecified atom stereocenters. The monoisotopic (exact) mass is 458 g/mol. The summed E-state index contributed by atoms with van der Waals surface area (Å²) in [5.41, 5.74) is 0. The smallest absolute Gasteiger partial charge is 0.303 e. The van der Waals surface area contributed by atoms with Crippen LogP contribution in [0.5, 0.6) is 0 Å². The Kier molecular flexibility index (Phi) is 17.1. The van der Waals surface area contributed by atoms with Crippen molar-refractivity contribution in [3.05, 3.63) is 12.2 Å². The Balaban J connectivity index is 3.37. The number of carbonyl (C=O) groups is 1. The third-order valence-electron chi connectivity index (χ3n) is 4.16. The molecule has 0 rings (SSSR count). The van der Waals surface area contributed by atoms with Crippen LogP contribution in [0.2, 0.25) is 0 Å². The largest absolute Gasteiger partial charge is 0.469 e. The Bertz CT molecular complexity index is 539. The van der Waals surface area contributed by atoms with Gasteiger partial charge in [0, 0.05) is 6.42 Å². The van der Waals surface area contributed by atoms with Crippen LogP contribution < -0.4 is 0 Å². The summed E-state index contributed by atoms with van der Waals surface area (Å²) in [5, 5.41) is 0. The third-order valence-corrected chi connectivity index (χ3v) is 5.19. The lowest BCUT2D eigenvalue weighted by atomic mass is 10.1. The lowest BCUT2D eigenvalue weighted by Crippen LogP contribution is -1.94. The second kappa shape index (κ2) is 17.3. The number of allylic oxidation sites excluding steroid dienone is 2. The van der Waals surface area contributed by atoms with E-state index in [1.165, 1.54) is 0 Å². The predicted octanol–water partition coefficient (Wildman–Crippen LogP) is 4.40. The van der Waals surface area contributed by atoms with Crippen molar-refractivity contribution in [3.8, 4) is 0 Å². The average molecular weight is 458 g/mol. The van der Waals surface area contributed by atoms with E-state index in [4.69, 9.17) is 19.6 Å². The molecule has 0 fully saturated rings. The predicted molar refractivity (Wildman–Crippen MR) is 110 cm³/mol. The van der Waals surface area contributed by atoms with Gasteiger partial charge in [0.05, 0.1) is 13.2 Å². The first-order chi connectivity index (χ1) is 13.6. The van der Waals surface area contributed by atoms with Crippen molar-refractivity contribution in [2.24, 2.45) is 0 Å². The zero-order valence-corrected chi connectivity index (χ0v) is 18.8. The van der Waals surface area contributed by atoms with Gasteiger partial charge in [0.2, 0.25) is 0 Å². The Hall–Kier alpha value is -0.370. The van der Waals surface area contributed by atoms with Gasteiger partial charge in [-0.25, -0.2) is 9.13 Å². The Morgan fingerprint density at radius 1 is 0.655 bits per heavy atom. The molecule has 0 radical (unpaired) electrons. The number of phosphoric ester groups is 2. The minimum Gasteiger partial charge on any atom is -0.303 e. The summed E-state index contributed by atoms with van der Waals surface area (Å²) in [6.45, 7) is 0.136. The Morgan fingerprint density at radius 2 is 1.07 bits per heavy atom. The van der Waals surface area contributed by atoms with Crippen molar-refractivity contribution in [2.75, 3.05) is 13.2 Å². The standard InChI is InChI=1S/C18H36O9P2/c19-18(15-11-7-5-9-13-17-27-29(23,24)25)14-10-6-3-1-2-4-8-12-16-26-28(20,21)22/h10,14H,1-9,11-13,15-17H2,(H2,20,21,22)(H2,23,24,25)/b14-10+. The molecule has 172 valence electrons. The molecule has 29 heavy (non-hydrogen) atoms. The van der Waals surface area contributed by atoms with E-state index in [0.29, 0.717) is 19.3 Å². The lowest BCUT2D eigenvalue weighted by molar-refractivity contribution is -0.114. The summed E-state index contributed by atoms with van der Waals surface area (Å²) in [6, 6.07) is 0. The van der Waals surface area contributed by atoms with Crippen molar-refractivity contribution in [1.82, 2.24) is 0 Å². The highest BCUT2D eigenvalue weighted by molar-refractivity contribution is 7.46. The summed E-state index contributed by atoms with van der Waals surface area (Å²) in [7, 11) is -8.68. The molecule has 0 aliphatic heterocycles. The topological polar surface area (TPSA) is 151 Å². The van der Waals surface area contributed by atoms with E-state index in [1.54, 1.807) is 6.08 Å². The van der Waals surface area contributed by atoms with Gasteiger partial charge in [-0.3, -0.25) is 13.8 Å². The van der Waals surface area contributed by atoms with Gasteiger partial charge in [-0.15, -0.1) is 0 Å². The normalized spacial score (nSPS) is 12.7. The van der Waals surface area contributed by atoms with E-state index in [1.807, 2.05) is 6.08 Å². The zero-order chi connectivity index (χ0) is 22.0. The molecular formula is C18H36O9P2. The second-order valence-electron chi connectivity index (χ2n) is 6.94. The first-order valence-corrected chi connectivity index (χ1v) is 13.3. The minimum absolute atomic E-state index is 0.0525. The first-order valence-electron chi connectivity index (χ1n) is 10.2. The van der Waals surface area contributed by atoms with E-state index >= 15 is 0 Å². The van der Waals surface area contributed by atoms with Gasteiger partial charge in [0.1, 0.15) is 0 Å². The molecule has 0 aromatic carbocycles. The van der Waals surface area contributed by atoms with Gasteiger partial charge in [-0.2, -0.15) is 0 Å². The van der Waals surface area contributed by atoms with Crippen LogP contribution in [-0.2, 0) is 23.0 Å². The van der Waals surface area contributed by atoms with Crippen LogP contribution in [0.3, 0.4) is 0 Å². The summed E-state index contributed by atoms with van der Waals surface area (Å²) in [4.78, 5) is 45.9. The fraction of sp³-hybridized carbons (Fsp3) is 0.833. The van der Waals surface area contributed by atoms with Crippen LogP contribution in [0.4, 0.5) is 0 Å². The van der Waals surface area contributed by atoms with Gasteiger partial charge in [-0.1, -0.05) is 51.0 Å². The number of unbranched alkanes of at least 4 members (excludes halogenated alkanes) is 10. The molecule has 0 aliphatic carbocycles. The number of ketones is 1. The summed E-state index contributed by atoms with van der Waals surface area (Å²) in [6.07, 6.45) is 14.6. The van der Waals surface area contributed by atoms with E-state index in [0.717, 1.165) is 64.2 Å². The highest BCUT2D eigenvalue weighted by atomic mass is 31.2. The van der Waals surface area contributed by atoms with E-state index < -0.39 is 15.6 Å². The molecule has 0 heterocycles. The van der Waals surface area contributed by atoms with Crippen LogP contribution >= 0.6 is 15.6 Å². The van der Waals surface area contributed by atoms with Crippen molar-refractivity contribution in [3.63, 3.8) is 0 Å². The van der Waals surface area contributed by atoms with Crippen molar-refractivity contribution >= 4 is 21.4 Å². The lowest BCUT2D eigenvalue weighted by Gasteiger charge is -2.04. The van der Waals surface area contributed by atoms with Crippen molar-refractivity contribution in [1.29, 1.82) is 0 Å².